The highest BCUT2D eigenvalue weighted by molar-refractivity contribution is 5.98. The average Bonchev–Trinajstić information content (AvgIpc) is 2.37. The van der Waals surface area contributed by atoms with Crippen LogP contribution in [0.25, 0.3) is 0 Å². The van der Waals surface area contributed by atoms with E-state index >= 15 is 0 Å². The first-order valence-corrected chi connectivity index (χ1v) is 5.33. The van der Waals surface area contributed by atoms with E-state index in [-0.39, 0.29) is 5.78 Å². The van der Waals surface area contributed by atoms with Crippen molar-refractivity contribution < 1.29 is 4.79 Å². The molecule has 76 valence electrons. The van der Waals surface area contributed by atoms with Crippen LogP contribution in [0, 0.1) is 6.92 Å². The van der Waals surface area contributed by atoms with Crippen LogP contribution in [0.2, 0.25) is 0 Å². The molecule has 0 saturated heterocycles. The Morgan fingerprint density at radius 2 is 2.07 bits per heavy atom. The number of carbonyl (C=O) groups excluding carboxylic acids is 1. The van der Waals surface area contributed by atoms with Gasteiger partial charge in [-0.2, -0.15) is 5.10 Å². The minimum Gasteiger partial charge on any atom is -0.294 e. The lowest BCUT2D eigenvalue weighted by Crippen LogP contribution is -2.03. The predicted molar refractivity (Wildman–Crippen MR) is 54.5 cm³/mol. The Morgan fingerprint density at radius 1 is 1.36 bits per heavy atom. The van der Waals surface area contributed by atoms with Crippen LogP contribution < -0.4 is 0 Å². The van der Waals surface area contributed by atoms with Crippen LogP contribution >= 0.6 is 0 Å². The molecular formula is C11H16N2O. The molecular weight excluding hydrogens is 176 g/mol. The molecule has 1 aromatic heterocycles. The topological polar surface area (TPSA) is 34.9 Å². The van der Waals surface area contributed by atoms with Gasteiger partial charge >= 0.3 is 0 Å². The fourth-order valence-electron chi connectivity index (χ4n) is 2.16. The van der Waals surface area contributed by atoms with E-state index in [2.05, 4.69) is 12.0 Å². The summed E-state index contributed by atoms with van der Waals surface area (Å²) >= 11 is 0. The number of hydrogen-bond donors (Lipinski definition) is 0. The molecule has 3 nitrogen and oxygen atoms in total. The Hall–Kier alpha value is -1.12. The molecule has 1 aliphatic carbocycles. The van der Waals surface area contributed by atoms with Crippen molar-refractivity contribution in [3.63, 3.8) is 0 Å². The van der Waals surface area contributed by atoms with Crippen molar-refractivity contribution in [1.82, 2.24) is 9.78 Å². The second-order valence-corrected chi connectivity index (χ2v) is 3.85. The third-order valence-corrected chi connectivity index (χ3v) is 2.92. The molecule has 0 unspecified atom stereocenters. The van der Waals surface area contributed by atoms with Crippen LogP contribution in [0.4, 0.5) is 0 Å². The van der Waals surface area contributed by atoms with Gasteiger partial charge in [0.1, 0.15) is 0 Å². The summed E-state index contributed by atoms with van der Waals surface area (Å²) in [6, 6.07) is 0. The zero-order chi connectivity index (χ0) is 10.1. The van der Waals surface area contributed by atoms with Gasteiger partial charge in [0, 0.05) is 18.7 Å². The average molecular weight is 192 g/mol. The summed E-state index contributed by atoms with van der Waals surface area (Å²) in [6.07, 6.45) is 3.78. The van der Waals surface area contributed by atoms with Gasteiger partial charge in [0.05, 0.1) is 11.3 Å². The molecule has 3 heteroatoms. The molecule has 0 atom stereocenters. The van der Waals surface area contributed by atoms with Gasteiger partial charge < -0.3 is 0 Å². The van der Waals surface area contributed by atoms with E-state index in [9.17, 15) is 4.79 Å². The lowest BCUT2D eigenvalue weighted by atomic mass is 10.1. The molecule has 1 heterocycles. The van der Waals surface area contributed by atoms with Gasteiger partial charge in [0.2, 0.25) is 0 Å². The number of aryl methyl sites for hydroxylation is 2. The summed E-state index contributed by atoms with van der Waals surface area (Å²) in [6.45, 7) is 4.91. The number of rotatable bonds is 1. The number of carbonyl (C=O) groups is 1. The third kappa shape index (κ3) is 1.37. The SMILES string of the molecule is CCn1nc2c(c1C)C(=O)CCCC2. The van der Waals surface area contributed by atoms with Crippen LogP contribution in [0.15, 0.2) is 0 Å². The van der Waals surface area contributed by atoms with E-state index < -0.39 is 0 Å². The van der Waals surface area contributed by atoms with Gasteiger partial charge in [-0.1, -0.05) is 0 Å². The van der Waals surface area contributed by atoms with Gasteiger partial charge in [-0.15, -0.1) is 0 Å². The first kappa shape index (κ1) is 9.44. The molecule has 14 heavy (non-hydrogen) atoms. The maximum absolute atomic E-state index is 11.8. The van der Waals surface area contributed by atoms with Crippen LogP contribution in [0.5, 0.6) is 0 Å². The number of aromatic nitrogens is 2. The van der Waals surface area contributed by atoms with E-state index in [1.807, 2.05) is 11.6 Å². The molecule has 0 bridgehead atoms. The van der Waals surface area contributed by atoms with Crippen molar-refractivity contribution in [3.05, 3.63) is 17.0 Å². The summed E-state index contributed by atoms with van der Waals surface area (Å²) in [5.41, 5.74) is 2.98. The Morgan fingerprint density at radius 3 is 2.79 bits per heavy atom. The third-order valence-electron chi connectivity index (χ3n) is 2.92. The summed E-state index contributed by atoms with van der Waals surface area (Å²) in [4.78, 5) is 11.8. The molecule has 0 aromatic carbocycles. The van der Waals surface area contributed by atoms with Gasteiger partial charge in [0.15, 0.2) is 5.78 Å². The molecule has 0 radical (unpaired) electrons. The highest BCUT2D eigenvalue weighted by Gasteiger charge is 2.22. The molecule has 2 rings (SSSR count). The number of hydrogen-bond acceptors (Lipinski definition) is 2. The predicted octanol–water partition coefficient (Wildman–Crippen LogP) is 2.12. The first-order valence-electron chi connectivity index (χ1n) is 5.33. The summed E-state index contributed by atoms with van der Waals surface area (Å²) in [5, 5.41) is 4.48. The van der Waals surface area contributed by atoms with Crippen molar-refractivity contribution in [3.8, 4) is 0 Å². The molecule has 1 aliphatic rings. The number of ketones is 1. The second kappa shape index (κ2) is 3.56. The van der Waals surface area contributed by atoms with Gasteiger partial charge in [-0.25, -0.2) is 0 Å². The smallest absolute Gasteiger partial charge is 0.166 e. The molecule has 0 saturated carbocycles. The van der Waals surface area contributed by atoms with E-state index in [1.165, 1.54) is 0 Å². The molecule has 0 N–H and O–H groups in total. The first-order chi connectivity index (χ1) is 6.74. The van der Waals surface area contributed by atoms with E-state index in [0.29, 0.717) is 6.42 Å². The Balaban J connectivity index is 2.51. The van der Waals surface area contributed by atoms with E-state index in [4.69, 9.17) is 0 Å². The van der Waals surface area contributed by atoms with Crippen LogP contribution in [-0.4, -0.2) is 15.6 Å². The zero-order valence-electron chi connectivity index (χ0n) is 8.84. The molecule has 0 aliphatic heterocycles. The Kier molecular flexibility index (Phi) is 2.40. The zero-order valence-corrected chi connectivity index (χ0v) is 8.84. The van der Waals surface area contributed by atoms with Crippen LogP contribution in [0.3, 0.4) is 0 Å². The van der Waals surface area contributed by atoms with E-state index in [0.717, 1.165) is 42.8 Å². The highest BCUT2D eigenvalue weighted by Crippen LogP contribution is 2.22. The minimum atomic E-state index is 0.287. The largest absolute Gasteiger partial charge is 0.294 e. The summed E-state index contributed by atoms with van der Waals surface area (Å²) in [7, 11) is 0. The standard InChI is InChI=1S/C11H16N2O/c1-3-13-8(2)11-9(12-13)6-4-5-7-10(11)14/h3-7H2,1-2H3. The van der Waals surface area contributed by atoms with Crippen molar-refractivity contribution >= 4 is 5.78 Å². The number of fused-ring (bicyclic) bond motifs is 1. The summed E-state index contributed by atoms with van der Waals surface area (Å²) < 4.78 is 1.94. The summed E-state index contributed by atoms with van der Waals surface area (Å²) in [5.74, 6) is 0.287. The van der Waals surface area contributed by atoms with Crippen LogP contribution in [0.1, 0.15) is 47.9 Å². The normalized spacial score (nSPS) is 16.6. The molecule has 0 fully saturated rings. The molecule has 1 aromatic rings. The quantitative estimate of drug-likeness (QED) is 0.639. The van der Waals surface area contributed by atoms with Gasteiger partial charge in [-0.3, -0.25) is 9.48 Å². The molecule has 0 amide bonds. The lowest BCUT2D eigenvalue weighted by molar-refractivity contribution is 0.0981. The second-order valence-electron chi connectivity index (χ2n) is 3.85. The van der Waals surface area contributed by atoms with Crippen molar-refractivity contribution in [2.75, 3.05) is 0 Å². The van der Waals surface area contributed by atoms with Gasteiger partial charge in [-0.05, 0) is 33.1 Å². The molecule has 0 spiro atoms. The van der Waals surface area contributed by atoms with Crippen LogP contribution in [-0.2, 0) is 13.0 Å². The Bertz CT molecular complexity index is 366. The van der Waals surface area contributed by atoms with Gasteiger partial charge in [0.25, 0.3) is 0 Å². The van der Waals surface area contributed by atoms with Crippen molar-refractivity contribution in [2.45, 2.75) is 46.1 Å². The minimum absolute atomic E-state index is 0.287. The van der Waals surface area contributed by atoms with E-state index in [1.54, 1.807) is 0 Å². The fourth-order valence-corrected chi connectivity index (χ4v) is 2.16. The van der Waals surface area contributed by atoms with Crippen molar-refractivity contribution in [2.24, 2.45) is 0 Å². The fraction of sp³-hybridized carbons (Fsp3) is 0.636. The number of Topliss-reactive ketones (excluding diaryl/α,β-unsaturated/α-hetero) is 1. The highest BCUT2D eigenvalue weighted by atomic mass is 16.1. The lowest BCUT2D eigenvalue weighted by Gasteiger charge is -2.00. The monoisotopic (exact) mass is 192 g/mol. The van der Waals surface area contributed by atoms with Crippen molar-refractivity contribution in [1.29, 1.82) is 0 Å². The Labute approximate surface area is 84.1 Å². The number of nitrogens with zero attached hydrogens (tertiary/aromatic N) is 2. The maximum Gasteiger partial charge on any atom is 0.166 e. The maximum atomic E-state index is 11.8.